The van der Waals surface area contributed by atoms with E-state index in [0.29, 0.717) is 33.8 Å². The average Bonchev–Trinajstić information content (AvgIpc) is 3.10. The minimum Gasteiger partial charge on any atom is -0.356 e. The first-order valence-electron chi connectivity index (χ1n) is 10.1. The SMILES string of the molecule is Cn1cnc2ncn(Cc3nc(CC45CC4CN(c4ccc(Cl)cn4)C5)no3)c(=O)c21. The van der Waals surface area contributed by atoms with Crippen molar-refractivity contribution in [3.63, 3.8) is 0 Å². The maximum atomic E-state index is 12.7. The van der Waals surface area contributed by atoms with Gasteiger partial charge in [-0.25, -0.2) is 15.0 Å². The molecule has 4 aromatic heterocycles. The van der Waals surface area contributed by atoms with Crippen molar-refractivity contribution in [3.8, 4) is 0 Å². The van der Waals surface area contributed by atoms with Crippen LogP contribution in [0.2, 0.25) is 5.02 Å². The van der Waals surface area contributed by atoms with Gasteiger partial charge in [0.25, 0.3) is 5.56 Å². The Hall–Kier alpha value is -3.27. The molecular formula is C20H19ClN8O2. The quantitative estimate of drug-likeness (QED) is 0.463. The van der Waals surface area contributed by atoms with Gasteiger partial charge in [0.15, 0.2) is 17.0 Å². The Kier molecular flexibility index (Phi) is 3.95. The first kappa shape index (κ1) is 18.5. The second-order valence-corrected chi connectivity index (χ2v) is 8.90. The highest BCUT2D eigenvalue weighted by Crippen LogP contribution is 2.59. The Morgan fingerprint density at radius 2 is 2.13 bits per heavy atom. The number of aromatic nitrogens is 7. The molecule has 1 aliphatic carbocycles. The van der Waals surface area contributed by atoms with Crippen LogP contribution in [-0.2, 0) is 20.0 Å². The Morgan fingerprint density at radius 1 is 1.26 bits per heavy atom. The van der Waals surface area contributed by atoms with E-state index in [0.717, 1.165) is 31.7 Å². The van der Waals surface area contributed by atoms with Gasteiger partial charge in [-0.2, -0.15) is 4.98 Å². The second-order valence-electron chi connectivity index (χ2n) is 8.46. The smallest absolute Gasteiger partial charge is 0.280 e. The van der Waals surface area contributed by atoms with Gasteiger partial charge in [0.1, 0.15) is 18.7 Å². The van der Waals surface area contributed by atoms with Crippen LogP contribution in [0.5, 0.6) is 0 Å². The summed E-state index contributed by atoms with van der Waals surface area (Å²) in [5, 5.41) is 4.80. The van der Waals surface area contributed by atoms with Gasteiger partial charge in [-0.15, -0.1) is 0 Å². The van der Waals surface area contributed by atoms with Crippen molar-refractivity contribution in [3.05, 3.63) is 58.1 Å². The first-order chi connectivity index (χ1) is 15.0. The number of nitrogens with zero attached hydrogens (tertiary/aromatic N) is 8. The van der Waals surface area contributed by atoms with Crippen LogP contribution in [0.1, 0.15) is 18.1 Å². The van der Waals surface area contributed by atoms with E-state index in [9.17, 15) is 4.79 Å². The van der Waals surface area contributed by atoms with Gasteiger partial charge in [-0.3, -0.25) is 9.36 Å². The van der Waals surface area contributed by atoms with Gasteiger partial charge in [0, 0.05) is 32.8 Å². The molecule has 1 aliphatic heterocycles. The summed E-state index contributed by atoms with van der Waals surface area (Å²) in [5.41, 5.74) is 0.847. The van der Waals surface area contributed by atoms with Crippen molar-refractivity contribution >= 4 is 28.6 Å². The van der Waals surface area contributed by atoms with Crippen molar-refractivity contribution in [2.45, 2.75) is 19.4 Å². The van der Waals surface area contributed by atoms with Crippen LogP contribution in [-0.4, -0.2) is 47.3 Å². The molecule has 0 aromatic carbocycles. The van der Waals surface area contributed by atoms with Crippen molar-refractivity contribution in [1.82, 2.24) is 34.2 Å². The molecule has 0 amide bonds. The lowest BCUT2D eigenvalue weighted by Crippen LogP contribution is -2.26. The van der Waals surface area contributed by atoms with Crippen LogP contribution in [0, 0.1) is 11.3 Å². The highest BCUT2D eigenvalue weighted by molar-refractivity contribution is 6.30. The van der Waals surface area contributed by atoms with Gasteiger partial charge >= 0.3 is 0 Å². The topological polar surface area (TPSA) is 108 Å². The number of hydrogen-bond donors (Lipinski definition) is 0. The van der Waals surface area contributed by atoms with E-state index in [1.165, 1.54) is 10.9 Å². The second kappa shape index (κ2) is 6.61. The number of fused-ring (bicyclic) bond motifs is 2. The van der Waals surface area contributed by atoms with Gasteiger partial charge < -0.3 is 14.0 Å². The predicted octanol–water partition coefficient (Wildman–Crippen LogP) is 1.68. The number of piperidine rings is 1. The van der Waals surface area contributed by atoms with E-state index in [-0.39, 0.29) is 17.5 Å². The molecule has 2 fully saturated rings. The third-order valence-corrected chi connectivity index (χ3v) is 6.59. The van der Waals surface area contributed by atoms with Crippen molar-refractivity contribution in [2.24, 2.45) is 18.4 Å². The van der Waals surface area contributed by atoms with Crippen LogP contribution >= 0.6 is 11.6 Å². The average molecular weight is 439 g/mol. The van der Waals surface area contributed by atoms with Gasteiger partial charge in [0.05, 0.1) is 11.3 Å². The Morgan fingerprint density at radius 3 is 2.97 bits per heavy atom. The first-order valence-corrected chi connectivity index (χ1v) is 10.4. The van der Waals surface area contributed by atoms with Gasteiger partial charge in [0.2, 0.25) is 5.89 Å². The molecule has 2 atom stereocenters. The Bertz CT molecular complexity index is 1340. The van der Waals surface area contributed by atoms with Crippen LogP contribution in [0.4, 0.5) is 5.82 Å². The Labute approximate surface area is 181 Å². The molecule has 6 rings (SSSR count). The van der Waals surface area contributed by atoms with Crippen molar-refractivity contribution < 1.29 is 4.52 Å². The summed E-state index contributed by atoms with van der Waals surface area (Å²) in [6.07, 6.45) is 6.62. The molecule has 0 N–H and O–H groups in total. The normalized spacial score (nSPS) is 22.3. The fraction of sp³-hybridized carbons (Fsp3) is 0.400. The maximum Gasteiger partial charge on any atom is 0.280 e. The summed E-state index contributed by atoms with van der Waals surface area (Å²) in [5.74, 6) is 2.61. The molecule has 1 saturated heterocycles. The number of aryl methyl sites for hydroxylation is 1. The highest BCUT2D eigenvalue weighted by atomic mass is 35.5. The summed E-state index contributed by atoms with van der Waals surface area (Å²) in [7, 11) is 1.77. The number of imidazole rings is 1. The molecular weight excluding hydrogens is 420 g/mol. The zero-order valence-corrected chi connectivity index (χ0v) is 17.5. The molecule has 1 saturated carbocycles. The van der Waals surface area contributed by atoms with E-state index in [1.54, 1.807) is 24.1 Å². The molecule has 0 bridgehead atoms. The summed E-state index contributed by atoms with van der Waals surface area (Å²) in [4.78, 5) is 32.3. The summed E-state index contributed by atoms with van der Waals surface area (Å²) < 4.78 is 8.56. The summed E-state index contributed by atoms with van der Waals surface area (Å²) >= 11 is 5.95. The number of anilines is 1. The lowest BCUT2D eigenvalue weighted by molar-refractivity contribution is 0.360. The molecule has 0 spiro atoms. The summed E-state index contributed by atoms with van der Waals surface area (Å²) in [6.45, 7) is 2.07. The number of hydrogen-bond acceptors (Lipinski definition) is 8. The summed E-state index contributed by atoms with van der Waals surface area (Å²) in [6, 6.07) is 3.82. The molecule has 5 heterocycles. The third kappa shape index (κ3) is 3.09. The zero-order valence-electron chi connectivity index (χ0n) is 16.8. The van der Waals surface area contributed by atoms with Crippen molar-refractivity contribution in [1.29, 1.82) is 0 Å². The minimum absolute atomic E-state index is 0.161. The van der Waals surface area contributed by atoms with E-state index in [2.05, 4.69) is 30.0 Å². The fourth-order valence-corrected chi connectivity index (χ4v) is 4.78. The predicted molar refractivity (Wildman–Crippen MR) is 112 cm³/mol. The molecule has 2 aliphatic rings. The van der Waals surface area contributed by atoms with Crippen LogP contribution in [0.15, 0.2) is 40.3 Å². The van der Waals surface area contributed by atoms with E-state index in [4.69, 9.17) is 16.1 Å². The van der Waals surface area contributed by atoms with Crippen LogP contribution in [0.3, 0.4) is 0 Å². The molecule has 0 radical (unpaired) electrons. The monoisotopic (exact) mass is 438 g/mol. The molecule has 158 valence electrons. The fourth-order valence-electron chi connectivity index (χ4n) is 4.67. The number of pyridine rings is 1. The lowest BCUT2D eigenvalue weighted by atomic mass is 10.0. The van der Waals surface area contributed by atoms with E-state index >= 15 is 0 Å². The lowest BCUT2D eigenvalue weighted by Gasteiger charge is -2.21. The largest absolute Gasteiger partial charge is 0.356 e. The number of rotatable bonds is 5. The zero-order chi connectivity index (χ0) is 21.2. The molecule has 11 heteroatoms. The van der Waals surface area contributed by atoms with Crippen LogP contribution in [0.25, 0.3) is 11.2 Å². The molecule has 10 nitrogen and oxygen atoms in total. The molecule has 2 unspecified atom stereocenters. The van der Waals surface area contributed by atoms with E-state index < -0.39 is 0 Å². The number of halogens is 1. The highest BCUT2D eigenvalue weighted by Gasteiger charge is 2.60. The maximum absolute atomic E-state index is 12.7. The van der Waals surface area contributed by atoms with Crippen molar-refractivity contribution in [2.75, 3.05) is 18.0 Å². The standard InChI is InChI=1S/C20H19ClN8O2/c1-27-10-23-18-17(27)19(30)29(11-24-18)8-16-25-14(26-31-16)5-20-4-12(20)7-28(9-20)15-3-2-13(21)6-22-15/h2-3,6,10-12H,4-5,7-9H2,1H3. The molecule has 31 heavy (non-hydrogen) atoms. The van der Waals surface area contributed by atoms with Gasteiger partial charge in [-0.05, 0) is 29.9 Å². The van der Waals surface area contributed by atoms with Gasteiger partial charge in [-0.1, -0.05) is 16.8 Å². The Balaban J connectivity index is 1.17. The molecule has 4 aromatic rings. The van der Waals surface area contributed by atoms with Crippen LogP contribution < -0.4 is 10.5 Å². The van der Waals surface area contributed by atoms with E-state index in [1.807, 2.05) is 12.1 Å². The third-order valence-electron chi connectivity index (χ3n) is 6.37. The minimum atomic E-state index is -0.188.